The quantitative estimate of drug-likeness (QED) is 0.817. The first kappa shape index (κ1) is 15.4. The van der Waals surface area contributed by atoms with Gasteiger partial charge in [0.1, 0.15) is 0 Å². The molecule has 1 aromatic carbocycles. The lowest BCUT2D eigenvalue weighted by atomic mass is 10.1. The molecular formula is C16H18ClN3O. The first-order chi connectivity index (χ1) is 10.2. The molecule has 0 saturated carbocycles. The Bertz CT molecular complexity index is 581. The summed E-state index contributed by atoms with van der Waals surface area (Å²) in [6.45, 7) is 2.19. The molecule has 1 amide bonds. The van der Waals surface area contributed by atoms with Crippen LogP contribution in [0.25, 0.3) is 0 Å². The number of rotatable bonds is 6. The van der Waals surface area contributed by atoms with Gasteiger partial charge in [-0.3, -0.25) is 4.79 Å². The molecule has 21 heavy (non-hydrogen) atoms. The zero-order valence-electron chi connectivity index (χ0n) is 12.0. The highest BCUT2D eigenvalue weighted by Crippen LogP contribution is 2.13. The van der Waals surface area contributed by atoms with Gasteiger partial charge >= 0.3 is 0 Å². The molecule has 0 spiro atoms. The lowest BCUT2D eigenvalue weighted by molar-refractivity contribution is 0.102. The molecule has 1 heterocycles. The Labute approximate surface area is 129 Å². The van der Waals surface area contributed by atoms with Gasteiger partial charge < -0.3 is 5.32 Å². The van der Waals surface area contributed by atoms with E-state index in [1.165, 1.54) is 24.8 Å². The zero-order valence-corrected chi connectivity index (χ0v) is 12.7. The van der Waals surface area contributed by atoms with Gasteiger partial charge in [-0.05, 0) is 42.7 Å². The zero-order chi connectivity index (χ0) is 15.1. The second-order valence-corrected chi connectivity index (χ2v) is 5.24. The second-order valence-electron chi connectivity index (χ2n) is 4.85. The first-order valence-electron chi connectivity index (χ1n) is 7.08. The van der Waals surface area contributed by atoms with Gasteiger partial charge in [-0.2, -0.15) is 0 Å². The summed E-state index contributed by atoms with van der Waals surface area (Å²) in [5, 5.41) is 10.5. The Kier molecular flexibility index (Phi) is 5.69. The number of benzene rings is 1. The van der Waals surface area contributed by atoms with E-state index in [0.717, 1.165) is 12.1 Å². The lowest BCUT2D eigenvalue weighted by Crippen LogP contribution is -2.14. The molecule has 0 atom stereocenters. The van der Waals surface area contributed by atoms with Crippen LogP contribution in [0.15, 0.2) is 36.4 Å². The van der Waals surface area contributed by atoms with E-state index in [-0.39, 0.29) is 16.8 Å². The third-order valence-corrected chi connectivity index (χ3v) is 3.35. The Hall–Kier alpha value is -1.94. The van der Waals surface area contributed by atoms with E-state index >= 15 is 0 Å². The van der Waals surface area contributed by atoms with Gasteiger partial charge in [0.25, 0.3) is 5.91 Å². The molecule has 0 bridgehead atoms. The predicted molar refractivity (Wildman–Crippen MR) is 84.7 cm³/mol. The van der Waals surface area contributed by atoms with E-state index in [1.807, 2.05) is 24.3 Å². The lowest BCUT2D eigenvalue weighted by Gasteiger charge is -2.06. The predicted octanol–water partition coefficient (Wildman–Crippen LogP) is 4.12. The molecule has 1 aromatic heterocycles. The molecule has 0 aliphatic heterocycles. The van der Waals surface area contributed by atoms with E-state index in [0.29, 0.717) is 0 Å². The Morgan fingerprint density at radius 3 is 2.48 bits per heavy atom. The number of carbonyl (C=O) groups excluding carboxylic acids is 1. The van der Waals surface area contributed by atoms with Gasteiger partial charge in [-0.1, -0.05) is 43.5 Å². The smallest absolute Gasteiger partial charge is 0.276 e. The summed E-state index contributed by atoms with van der Waals surface area (Å²) >= 11 is 5.64. The maximum Gasteiger partial charge on any atom is 0.276 e. The molecule has 4 nitrogen and oxygen atoms in total. The van der Waals surface area contributed by atoms with Crippen molar-refractivity contribution in [2.24, 2.45) is 0 Å². The summed E-state index contributed by atoms with van der Waals surface area (Å²) in [4.78, 5) is 12.0. The van der Waals surface area contributed by atoms with Crippen LogP contribution in [0.4, 0.5) is 5.69 Å². The highest BCUT2D eigenvalue weighted by molar-refractivity contribution is 6.29. The number of aryl methyl sites for hydroxylation is 1. The van der Waals surface area contributed by atoms with Crippen LogP contribution in [0.5, 0.6) is 0 Å². The molecule has 110 valence electrons. The monoisotopic (exact) mass is 303 g/mol. The number of nitrogens with one attached hydrogen (secondary N) is 1. The van der Waals surface area contributed by atoms with Gasteiger partial charge in [-0.25, -0.2) is 0 Å². The van der Waals surface area contributed by atoms with Crippen LogP contribution < -0.4 is 5.32 Å². The fourth-order valence-electron chi connectivity index (χ4n) is 1.97. The van der Waals surface area contributed by atoms with Crippen molar-refractivity contribution in [2.75, 3.05) is 5.32 Å². The maximum atomic E-state index is 12.0. The van der Waals surface area contributed by atoms with Gasteiger partial charge in [-0.15, -0.1) is 10.2 Å². The summed E-state index contributed by atoms with van der Waals surface area (Å²) in [5.74, 6) is -0.294. The summed E-state index contributed by atoms with van der Waals surface area (Å²) in [7, 11) is 0. The fraction of sp³-hybridized carbons (Fsp3) is 0.312. The summed E-state index contributed by atoms with van der Waals surface area (Å²) < 4.78 is 0. The van der Waals surface area contributed by atoms with Crippen LogP contribution in [0.1, 0.15) is 42.2 Å². The first-order valence-corrected chi connectivity index (χ1v) is 7.46. The standard InChI is InChI=1S/C16H18ClN3O/c1-2-3-4-5-12-6-8-13(9-7-12)18-16(21)14-10-11-15(17)20-19-14/h6-11H,2-5H2,1H3,(H,18,21). The number of nitrogens with zero attached hydrogens (tertiary/aromatic N) is 2. The van der Waals surface area contributed by atoms with E-state index < -0.39 is 0 Å². The van der Waals surface area contributed by atoms with E-state index in [4.69, 9.17) is 11.6 Å². The maximum absolute atomic E-state index is 12.0. The molecule has 0 aliphatic carbocycles. The largest absolute Gasteiger partial charge is 0.321 e. The van der Waals surface area contributed by atoms with Crippen LogP contribution in [-0.2, 0) is 6.42 Å². The SMILES string of the molecule is CCCCCc1ccc(NC(=O)c2ccc(Cl)nn2)cc1. The third-order valence-electron chi connectivity index (χ3n) is 3.15. The van der Waals surface area contributed by atoms with Gasteiger partial charge in [0.15, 0.2) is 10.8 Å². The molecular weight excluding hydrogens is 286 g/mol. The van der Waals surface area contributed by atoms with Crippen molar-refractivity contribution in [1.82, 2.24) is 10.2 Å². The van der Waals surface area contributed by atoms with Crippen LogP contribution in [0.3, 0.4) is 0 Å². The Balaban J connectivity index is 1.93. The highest BCUT2D eigenvalue weighted by atomic mass is 35.5. The van der Waals surface area contributed by atoms with Crippen LogP contribution in [0, 0.1) is 0 Å². The van der Waals surface area contributed by atoms with E-state index in [1.54, 1.807) is 12.1 Å². The number of halogens is 1. The van der Waals surface area contributed by atoms with Crippen LogP contribution >= 0.6 is 11.6 Å². The van der Waals surface area contributed by atoms with Gasteiger partial charge in [0.05, 0.1) is 0 Å². The fourth-order valence-corrected chi connectivity index (χ4v) is 2.07. The molecule has 0 saturated heterocycles. The summed E-state index contributed by atoms with van der Waals surface area (Å²) in [6, 6.07) is 11.0. The van der Waals surface area contributed by atoms with Crippen molar-refractivity contribution in [3.8, 4) is 0 Å². The van der Waals surface area contributed by atoms with Crippen LogP contribution in [-0.4, -0.2) is 16.1 Å². The molecule has 5 heteroatoms. The summed E-state index contributed by atoms with van der Waals surface area (Å²) in [5.41, 5.74) is 2.27. The molecule has 0 fully saturated rings. The van der Waals surface area contributed by atoms with Crippen molar-refractivity contribution in [1.29, 1.82) is 0 Å². The van der Waals surface area contributed by atoms with Gasteiger partial charge in [0, 0.05) is 5.69 Å². The number of aromatic nitrogens is 2. The van der Waals surface area contributed by atoms with Crippen molar-refractivity contribution in [3.63, 3.8) is 0 Å². The highest BCUT2D eigenvalue weighted by Gasteiger charge is 2.08. The van der Waals surface area contributed by atoms with Crippen molar-refractivity contribution >= 4 is 23.2 Å². The molecule has 0 aliphatic rings. The molecule has 0 unspecified atom stereocenters. The minimum Gasteiger partial charge on any atom is -0.321 e. The van der Waals surface area contributed by atoms with Crippen molar-refractivity contribution < 1.29 is 4.79 Å². The van der Waals surface area contributed by atoms with Crippen molar-refractivity contribution in [2.45, 2.75) is 32.6 Å². The third kappa shape index (κ3) is 4.83. The molecule has 1 N–H and O–H groups in total. The van der Waals surface area contributed by atoms with Crippen molar-refractivity contribution in [3.05, 3.63) is 52.8 Å². The number of amides is 1. The Morgan fingerprint density at radius 1 is 1.10 bits per heavy atom. The molecule has 2 aromatic rings. The number of anilines is 1. The van der Waals surface area contributed by atoms with Crippen LogP contribution in [0.2, 0.25) is 5.15 Å². The summed E-state index contributed by atoms with van der Waals surface area (Å²) in [6.07, 6.45) is 4.73. The van der Waals surface area contributed by atoms with E-state index in [9.17, 15) is 4.79 Å². The molecule has 2 rings (SSSR count). The average molecular weight is 304 g/mol. The number of hydrogen-bond acceptors (Lipinski definition) is 3. The average Bonchev–Trinajstić information content (AvgIpc) is 2.50. The normalized spacial score (nSPS) is 10.4. The minimum absolute atomic E-state index is 0.242. The molecule has 0 radical (unpaired) electrons. The Morgan fingerprint density at radius 2 is 1.86 bits per heavy atom. The second kappa shape index (κ2) is 7.74. The number of unbranched alkanes of at least 4 members (excludes halogenated alkanes) is 2. The van der Waals surface area contributed by atoms with Gasteiger partial charge in [0.2, 0.25) is 0 Å². The topological polar surface area (TPSA) is 54.9 Å². The minimum atomic E-state index is -0.294. The number of carbonyl (C=O) groups is 1. The van der Waals surface area contributed by atoms with E-state index in [2.05, 4.69) is 22.4 Å². The number of hydrogen-bond donors (Lipinski definition) is 1.